The van der Waals surface area contributed by atoms with E-state index in [9.17, 15) is 5.11 Å². The van der Waals surface area contributed by atoms with Gasteiger partial charge in [-0.2, -0.15) is 0 Å². The molecular formula is C16H23Br2NO. The molecule has 4 heteroatoms. The molecule has 0 aromatic heterocycles. The summed E-state index contributed by atoms with van der Waals surface area (Å²) in [5.41, 5.74) is 0.689. The Bertz CT molecular complexity index is 466. The minimum absolute atomic E-state index is 0.221. The van der Waals surface area contributed by atoms with Crippen LogP contribution in [0.2, 0.25) is 0 Å². The van der Waals surface area contributed by atoms with E-state index >= 15 is 0 Å². The zero-order valence-corrected chi connectivity index (χ0v) is 15.3. The van der Waals surface area contributed by atoms with Crippen molar-refractivity contribution in [3.63, 3.8) is 0 Å². The molecule has 0 bridgehead atoms. The van der Waals surface area contributed by atoms with Gasteiger partial charge in [0.1, 0.15) is 0 Å². The Kier molecular flexibility index (Phi) is 5.69. The summed E-state index contributed by atoms with van der Waals surface area (Å²) in [7, 11) is 0. The molecule has 0 saturated heterocycles. The maximum Gasteiger partial charge on any atom is 0.0774 e. The number of benzene rings is 1. The Balaban J connectivity index is 1.96. The molecule has 2 N–H and O–H groups in total. The van der Waals surface area contributed by atoms with Crippen molar-refractivity contribution >= 4 is 31.9 Å². The van der Waals surface area contributed by atoms with Crippen molar-refractivity contribution < 1.29 is 5.11 Å². The van der Waals surface area contributed by atoms with Gasteiger partial charge in [-0.25, -0.2) is 0 Å². The predicted octanol–water partition coefficient (Wildman–Crippen LogP) is 4.80. The fourth-order valence-corrected chi connectivity index (χ4v) is 4.49. The van der Waals surface area contributed by atoms with Gasteiger partial charge in [-0.1, -0.05) is 57.7 Å². The number of rotatable bonds is 4. The van der Waals surface area contributed by atoms with E-state index in [2.05, 4.69) is 69.2 Å². The summed E-state index contributed by atoms with van der Waals surface area (Å²) >= 11 is 7.08. The lowest BCUT2D eigenvalue weighted by Crippen LogP contribution is -2.44. The summed E-state index contributed by atoms with van der Waals surface area (Å²) in [6.45, 7) is 5.05. The maximum atomic E-state index is 10.7. The molecule has 2 rings (SSSR count). The first kappa shape index (κ1) is 16.5. The SMILES string of the molecule is CC1CCCC(O)(CNC(C)c2ccc(Br)cc2Br)C1. The van der Waals surface area contributed by atoms with Crippen LogP contribution in [0.25, 0.3) is 0 Å². The first-order valence-electron chi connectivity index (χ1n) is 7.30. The summed E-state index contributed by atoms with van der Waals surface area (Å²) in [5, 5.41) is 14.2. The van der Waals surface area contributed by atoms with E-state index < -0.39 is 5.60 Å². The van der Waals surface area contributed by atoms with Crippen molar-refractivity contribution in [2.45, 2.75) is 51.2 Å². The molecular weight excluding hydrogens is 382 g/mol. The molecule has 2 nitrogen and oxygen atoms in total. The largest absolute Gasteiger partial charge is 0.389 e. The number of hydrogen-bond donors (Lipinski definition) is 2. The first-order valence-corrected chi connectivity index (χ1v) is 8.89. The second-order valence-corrected chi connectivity index (χ2v) is 7.96. The Hall–Kier alpha value is 0.1000. The Labute approximate surface area is 138 Å². The molecule has 3 atom stereocenters. The van der Waals surface area contributed by atoms with E-state index in [1.54, 1.807) is 0 Å². The summed E-state index contributed by atoms with van der Waals surface area (Å²) in [6, 6.07) is 6.44. The molecule has 0 amide bonds. The average Bonchev–Trinajstić information content (AvgIpc) is 2.36. The fourth-order valence-electron chi connectivity index (χ4n) is 3.10. The monoisotopic (exact) mass is 403 g/mol. The molecule has 1 fully saturated rings. The van der Waals surface area contributed by atoms with E-state index in [4.69, 9.17) is 0 Å². The maximum absolute atomic E-state index is 10.7. The molecule has 0 radical (unpaired) electrons. The fraction of sp³-hybridized carbons (Fsp3) is 0.625. The van der Waals surface area contributed by atoms with Gasteiger partial charge in [0.2, 0.25) is 0 Å². The zero-order valence-electron chi connectivity index (χ0n) is 12.1. The minimum atomic E-state index is -0.534. The normalized spacial score (nSPS) is 28.4. The van der Waals surface area contributed by atoms with Crippen LogP contribution < -0.4 is 5.32 Å². The third-order valence-electron chi connectivity index (χ3n) is 4.23. The number of halogens is 2. The molecule has 0 heterocycles. The Morgan fingerprint density at radius 3 is 2.85 bits per heavy atom. The lowest BCUT2D eigenvalue weighted by Gasteiger charge is -2.36. The standard InChI is InChI=1S/C16H23Br2NO/c1-11-4-3-7-16(20,9-11)10-19-12(2)14-6-5-13(17)8-15(14)18/h5-6,8,11-12,19-20H,3-4,7,9-10H2,1-2H3. The molecule has 0 aliphatic heterocycles. The second kappa shape index (κ2) is 6.91. The van der Waals surface area contributed by atoms with Gasteiger partial charge in [0.15, 0.2) is 0 Å². The zero-order chi connectivity index (χ0) is 14.8. The Morgan fingerprint density at radius 2 is 2.20 bits per heavy atom. The molecule has 1 aromatic rings. The predicted molar refractivity (Wildman–Crippen MR) is 90.8 cm³/mol. The van der Waals surface area contributed by atoms with Crippen molar-refractivity contribution in [2.24, 2.45) is 5.92 Å². The van der Waals surface area contributed by atoms with Gasteiger partial charge >= 0.3 is 0 Å². The minimum Gasteiger partial charge on any atom is -0.389 e. The second-order valence-electron chi connectivity index (χ2n) is 6.19. The van der Waals surface area contributed by atoms with Crippen LogP contribution in [0.15, 0.2) is 27.1 Å². The van der Waals surface area contributed by atoms with Gasteiger partial charge in [-0.3, -0.25) is 0 Å². The summed E-state index contributed by atoms with van der Waals surface area (Å²) in [6.07, 6.45) is 4.21. The molecule has 3 unspecified atom stereocenters. The highest BCUT2D eigenvalue weighted by Gasteiger charge is 2.32. The summed E-state index contributed by atoms with van der Waals surface area (Å²) < 4.78 is 2.16. The van der Waals surface area contributed by atoms with Crippen LogP contribution in [0.5, 0.6) is 0 Å². The number of nitrogens with one attached hydrogen (secondary N) is 1. The molecule has 0 spiro atoms. The van der Waals surface area contributed by atoms with Crippen LogP contribution >= 0.6 is 31.9 Å². The first-order chi connectivity index (χ1) is 9.39. The van der Waals surface area contributed by atoms with Crippen LogP contribution in [0, 0.1) is 5.92 Å². The summed E-state index contributed by atoms with van der Waals surface area (Å²) in [4.78, 5) is 0. The molecule has 1 aliphatic rings. The van der Waals surface area contributed by atoms with Crippen LogP contribution in [-0.2, 0) is 0 Å². The van der Waals surface area contributed by atoms with Crippen LogP contribution in [0.1, 0.15) is 51.1 Å². The van der Waals surface area contributed by atoms with Gasteiger partial charge in [-0.15, -0.1) is 0 Å². The topological polar surface area (TPSA) is 32.3 Å². The lowest BCUT2D eigenvalue weighted by atomic mass is 9.79. The molecule has 1 aliphatic carbocycles. The van der Waals surface area contributed by atoms with Crippen molar-refractivity contribution in [3.05, 3.63) is 32.7 Å². The van der Waals surface area contributed by atoms with E-state index in [0.717, 1.165) is 28.2 Å². The van der Waals surface area contributed by atoms with Gasteiger partial charge < -0.3 is 10.4 Å². The highest BCUT2D eigenvalue weighted by molar-refractivity contribution is 9.11. The molecule has 112 valence electrons. The smallest absolute Gasteiger partial charge is 0.0774 e. The number of hydrogen-bond acceptors (Lipinski definition) is 2. The van der Waals surface area contributed by atoms with Gasteiger partial charge in [0, 0.05) is 21.5 Å². The highest BCUT2D eigenvalue weighted by atomic mass is 79.9. The van der Waals surface area contributed by atoms with E-state index in [0.29, 0.717) is 12.5 Å². The van der Waals surface area contributed by atoms with Crippen LogP contribution in [0.3, 0.4) is 0 Å². The van der Waals surface area contributed by atoms with Crippen LogP contribution in [-0.4, -0.2) is 17.3 Å². The van der Waals surface area contributed by atoms with Crippen molar-refractivity contribution in [1.29, 1.82) is 0 Å². The van der Waals surface area contributed by atoms with Crippen molar-refractivity contribution in [1.82, 2.24) is 5.32 Å². The lowest BCUT2D eigenvalue weighted by molar-refractivity contribution is -0.0134. The third kappa shape index (κ3) is 4.30. The average molecular weight is 405 g/mol. The quantitative estimate of drug-likeness (QED) is 0.754. The molecule has 20 heavy (non-hydrogen) atoms. The van der Waals surface area contributed by atoms with E-state index in [1.165, 1.54) is 12.0 Å². The van der Waals surface area contributed by atoms with Crippen molar-refractivity contribution in [3.8, 4) is 0 Å². The molecule has 1 aromatic carbocycles. The van der Waals surface area contributed by atoms with Crippen LogP contribution in [0.4, 0.5) is 0 Å². The third-order valence-corrected chi connectivity index (χ3v) is 5.41. The van der Waals surface area contributed by atoms with Crippen molar-refractivity contribution in [2.75, 3.05) is 6.54 Å². The highest BCUT2D eigenvalue weighted by Crippen LogP contribution is 2.33. The number of aliphatic hydroxyl groups is 1. The summed E-state index contributed by atoms with van der Waals surface area (Å²) in [5.74, 6) is 0.630. The molecule has 1 saturated carbocycles. The Morgan fingerprint density at radius 1 is 1.45 bits per heavy atom. The van der Waals surface area contributed by atoms with Gasteiger partial charge in [0.25, 0.3) is 0 Å². The van der Waals surface area contributed by atoms with Gasteiger partial charge in [0.05, 0.1) is 5.60 Å². The van der Waals surface area contributed by atoms with E-state index in [1.807, 2.05) is 0 Å². The van der Waals surface area contributed by atoms with E-state index in [-0.39, 0.29) is 6.04 Å². The van der Waals surface area contributed by atoms with Gasteiger partial charge in [-0.05, 0) is 43.4 Å².